The Balaban J connectivity index is 2.25. The van der Waals surface area contributed by atoms with Gasteiger partial charge in [-0.1, -0.05) is 0 Å². The second kappa shape index (κ2) is 4.67. The molecular formula is C10H21NOS. The quantitative estimate of drug-likeness (QED) is 0.728. The average molecular weight is 203 g/mol. The predicted molar refractivity (Wildman–Crippen MR) is 59.2 cm³/mol. The van der Waals surface area contributed by atoms with Gasteiger partial charge in [-0.25, -0.2) is 0 Å². The minimum absolute atomic E-state index is 0.113. The third kappa shape index (κ3) is 3.49. The molecule has 2 atom stereocenters. The van der Waals surface area contributed by atoms with Crippen LogP contribution in [0.15, 0.2) is 0 Å². The van der Waals surface area contributed by atoms with Crippen LogP contribution < -0.4 is 5.32 Å². The summed E-state index contributed by atoms with van der Waals surface area (Å²) in [4.78, 5) is 0. The Morgan fingerprint density at radius 2 is 2.15 bits per heavy atom. The first-order valence-corrected chi connectivity index (χ1v) is 6.24. The Kier molecular flexibility index (Phi) is 4.07. The highest BCUT2D eigenvalue weighted by Gasteiger charge is 2.26. The summed E-state index contributed by atoms with van der Waals surface area (Å²) >= 11 is 1.87. The molecule has 0 saturated heterocycles. The summed E-state index contributed by atoms with van der Waals surface area (Å²) < 4.78 is 0.280. The van der Waals surface area contributed by atoms with E-state index in [4.69, 9.17) is 0 Å². The number of thioether (sulfide) groups is 1. The van der Waals surface area contributed by atoms with Crippen molar-refractivity contribution in [2.24, 2.45) is 0 Å². The highest BCUT2D eigenvalue weighted by atomic mass is 32.2. The second-order valence-corrected chi connectivity index (χ2v) is 5.96. The van der Waals surface area contributed by atoms with Crippen molar-refractivity contribution >= 4 is 11.8 Å². The van der Waals surface area contributed by atoms with Gasteiger partial charge in [0, 0.05) is 17.3 Å². The van der Waals surface area contributed by atoms with Crippen LogP contribution in [0.5, 0.6) is 0 Å². The van der Waals surface area contributed by atoms with Gasteiger partial charge < -0.3 is 10.4 Å². The van der Waals surface area contributed by atoms with E-state index in [9.17, 15) is 5.11 Å². The molecule has 0 unspecified atom stereocenters. The summed E-state index contributed by atoms with van der Waals surface area (Å²) in [6.45, 7) is 5.44. The predicted octanol–water partition coefficient (Wildman–Crippen LogP) is 1.63. The Morgan fingerprint density at radius 1 is 1.46 bits per heavy atom. The molecular weight excluding hydrogens is 182 g/mol. The van der Waals surface area contributed by atoms with Gasteiger partial charge in [0.05, 0.1) is 6.10 Å². The Bertz CT molecular complexity index is 161. The van der Waals surface area contributed by atoms with Crippen LogP contribution in [0, 0.1) is 0 Å². The van der Waals surface area contributed by atoms with Gasteiger partial charge in [0.25, 0.3) is 0 Å². The minimum atomic E-state index is -0.113. The number of hydrogen-bond donors (Lipinski definition) is 2. The van der Waals surface area contributed by atoms with Crippen molar-refractivity contribution < 1.29 is 5.11 Å². The lowest BCUT2D eigenvalue weighted by Gasteiger charge is -2.26. The summed E-state index contributed by atoms with van der Waals surface area (Å²) in [5.41, 5.74) is 0. The summed E-state index contributed by atoms with van der Waals surface area (Å²) in [6, 6.07) is 0.339. The van der Waals surface area contributed by atoms with E-state index in [1.165, 1.54) is 6.42 Å². The fourth-order valence-corrected chi connectivity index (χ4v) is 1.86. The maximum absolute atomic E-state index is 9.59. The van der Waals surface area contributed by atoms with Crippen LogP contribution in [0.4, 0.5) is 0 Å². The number of hydrogen-bond acceptors (Lipinski definition) is 3. The van der Waals surface area contributed by atoms with Crippen LogP contribution in [0.2, 0.25) is 0 Å². The van der Waals surface area contributed by atoms with Crippen molar-refractivity contribution in [2.45, 2.75) is 50.0 Å². The molecule has 0 heterocycles. The minimum Gasteiger partial charge on any atom is -0.392 e. The molecule has 78 valence electrons. The molecule has 1 saturated carbocycles. The van der Waals surface area contributed by atoms with Crippen LogP contribution in [0.3, 0.4) is 0 Å². The first kappa shape index (κ1) is 11.3. The van der Waals surface area contributed by atoms with E-state index in [1.807, 2.05) is 11.8 Å². The standard InChI is InChI=1S/C10H21NOS/c1-10(2,13-3)7-11-8-5-4-6-9(8)12/h8-9,11-12H,4-7H2,1-3H3/t8-,9-/m1/s1. The highest BCUT2D eigenvalue weighted by Crippen LogP contribution is 2.23. The maximum atomic E-state index is 9.59. The topological polar surface area (TPSA) is 32.3 Å². The van der Waals surface area contributed by atoms with Gasteiger partial charge in [-0.15, -0.1) is 0 Å². The van der Waals surface area contributed by atoms with Crippen molar-refractivity contribution in [3.63, 3.8) is 0 Å². The Morgan fingerprint density at radius 3 is 2.62 bits per heavy atom. The third-order valence-electron chi connectivity index (χ3n) is 2.82. The Labute approximate surface area is 85.5 Å². The van der Waals surface area contributed by atoms with Gasteiger partial charge >= 0.3 is 0 Å². The van der Waals surface area contributed by atoms with E-state index in [2.05, 4.69) is 25.4 Å². The van der Waals surface area contributed by atoms with E-state index in [-0.39, 0.29) is 10.9 Å². The van der Waals surface area contributed by atoms with Crippen LogP contribution >= 0.6 is 11.8 Å². The maximum Gasteiger partial charge on any atom is 0.0693 e. The zero-order valence-electron chi connectivity index (χ0n) is 8.84. The molecule has 0 bridgehead atoms. The first-order chi connectivity index (χ1) is 6.05. The van der Waals surface area contributed by atoms with E-state index < -0.39 is 0 Å². The summed E-state index contributed by atoms with van der Waals surface area (Å²) in [5, 5.41) is 13.0. The molecule has 0 aromatic heterocycles. The van der Waals surface area contributed by atoms with Gasteiger partial charge in [0.1, 0.15) is 0 Å². The normalized spacial score (nSPS) is 29.5. The fraction of sp³-hybridized carbons (Fsp3) is 1.00. The molecule has 0 amide bonds. The molecule has 1 aliphatic rings. The SMILES string of the molecule is CSC(C)(C)CN[C@@H]1CCC[C@H]1O. The largest absolute Gasteiger partial charge is 0.392 e. The molecule has 0 aromatic rings. The van der Waals surface area contributed by atoms with Crippen LogP contribution in [-0.4, -0.2) is 34.8 Å². The van der Waals surface area contributed by atoms with Crippen molar-refractivity contribution in [1.82, 2.24) is 5.32 Å². The van der Waals surface area contributed by atoms with Crippen molar-refractivity contribution in [3.05, 3.63) is 0 Å². The van der Waals surface area contributed by atoms with Gasteiger partial charge in [0.2, 0.25) is 0 Å². The van der Waals surface area contributed by atoms with Gasteiger partial charge in [-0.3, -0.25) is 0 Å². The lowest BCUT2D eigenvalue weighted by molar-refractivity contribution is 0.148. The molecule has 2 nitrogen and oxygen atoms in total. The molecule has 1 aliphatic carbocycles. The third-order valence-corrected chi connectivity index (χ3v) is 4.07. The summed E-state index contributed by atoms with van der Waals surface area (Å²) in [6.07, 6.45) is 5.28. The average Bonchev–Trinajstić information content (AvgIpc) is 2.48. The molecule has 0 aromatic carbocycles. The number of aliphatic hydroxyl groups is 1. The molecule has 0 spiro atoms. The lowest BCUT2D eigenvalue weighted by atomic mass is 10.1. The summed E-state index contributed by atoms with van der Waals surface area (Å²) in [5.74, 6) is 0. The van der Waals surface area contributed by atoms with Gasteiger partial charge in [-0.2, -0.15) is 11.8 Å². The van der Waals surface area contributed by atoms with E-state index >= 15 is 0 Å². The highest BCUT2D eigenvalue weighted by molar-refractivity contribution is 7.99. The van der Waals surface area contributed by atoms with Crippen LogP contribution in [0.25, 0.3) is 0 Å². The van der Waals surface area contributed by atoms with Gasteiger partial charge in [-0.05, 0) is 39.4 Å². The first-order valence-electron chi connectivity index (χ1n) is 5.02. The smallest absolute Gasteiger partial charge is 0.0693 e. The number of aliphatic hydroxyl groups excluding tert-OH is 1. The molecule has 0 aliphatic heterocycles. The zero-order valence-corrected chi connectivity index (χ0v) is 9.66. The monoisotopic (exact) mass is 203 g/mol. The molecule has 3 heteroatoms. The summed E-state index contributed by atoms with van der Waals surface area (Å²) in [7, 11) is 0. The second-order valence-electron chi connectivity index (χ2n) is 4.45. The molecule has 2 N–H and O–H groups in total. The molecule has 13 heavy (non-hydrogen) atoms. The van der Waals surface area contributed by atoms with Crippen molar-refractivity contribution in [2.75, 3.05) is 12.8 Å². The van der Waals surface area contributed by atoms with Crippen molar-refractivity contribution in [3.8, 4) is 0 Å². The van der Waals surface area contributed by atoms with Crippen LogP contribution in [-0.2, 0) is 0 Å². The van der Waals surface area contributed by atoms with E-state index in [1.54, 1.807) is 0 Å². The molecule has 0 radical (unpaired) electrons. The molecule has 1 fully saturated rings. The molecule has 1 rings (SSSR count). The van der Waals surface area contributed by atoms with Gasteiger partial charge in [0.15, 0.2) is 0 Å². The number of nitrogens with one attached hydrogen (secondary N) is 1. The van der Waals surface area contributed by atoms with E-state index in [0.29, 0.717) is 6.04 Å². The fourth-order valence-electron chi connectivity index (χ4n) is 1.63. The zero-order chi connectivity index (χ0) is 9.90. The lowest BCUT2D eigenvalue weighted by Crippen LogP contribution is -2.42. The Hall–Kier alpha value is 0.270. The van der Waals surface area contributed by atoms with Crippen LogP contribution in [0.1, 0.15) is 33.1 Å². The van der Waals surface area contributed by atoms with E-state index in [0.717, 1.165) is 19.4 Å². The number of rotatable bonds is 4. The van der Waals surface area contributed by atoms with Crippen molar-refractivity contribution in [1.29, 1.82) is 0 Å².